The first kappa shape index (κ1) is 123. The molecule has 2 atom stereocenters. The molecule has 0 unspecified atom stereocenters. The fourth-order valence-electron chi connectivity index (χ4n) is 18.0. The van der Waals surface area contributed by atoms with E-state index >= 15 is 0 Å². The van der Waals surface area contributed by atoms with Gasteiger partial charge in [0.15, 0.2) is 0 Å². The molecule has 0 fully saturated rings. The van der Waals surface area contributed by atoms with Crippen LogP contribution in [0, 0.1) is 41.5 Å². The summed E-state index contributed by atoms with van der Waals surface area (Å²) < 4.78 is 0. The molecule has 0 heterocycles. The Morgan fingerprint density at radius 2 is 0.445 bits per heavy atom. The van der Waals surface area contributed by atoms with E-state index in [-0.39, 0.29) is 55.7 Å². The molecule has 0 spiro atoms. The maximum absolute atomic E-state index is 11.4. The number of fused-ring (bicyclic) bond motifs is 1. The van der Waals surface area contributed by atoms with E-state index in [0.717, 1.165) is 118 Å². The molecule has 21 heteroatoms. The van der Waals surface area contributed by atoms with Crippen LogP contribution in [0.1, 0.15) is 300 Å². The van der Waals surface area contributed by atoms with E-state index in [0.29, 0.717) is 73.8 Å². The Bertz CT molecular complexity index is 5130. The summed E-state index contributed by atoms with van der Waals surface area (Å²) >= 11 is -2.48. The van der Waals surface area contributed by atoms with E-state index < -0.39 is 62.5 Å². The van der Waals surface area contributed by atoms with Crippen LogP contribution in [0.2, 0.25) is 0 Å². The summed E-state index contributed by atoms with van der Waals surface area (Å²) in [6.45, 7) is 66.2. The van der Waals surface area contributed by atoms with Gasteiger partial charge in [-0.2, -0.15) is 0 Å². The van der Waals surface area contributed by atoms with E-state index in [1.807, 2.05) is 0 Å². The molecule has 0 saturated heterocycles. The first-order chi connectivity index (χ1) is 63.3. The third-order valence-corrected chi connectivity index (χ3v) is 26.5. The van der Waals surface area contributed by atoms with Gasteiger partial charge in [0.05, 0.1) is 0 Å². The van der Waals surface area contributed by atoms with Gasteiger partial charge in [-0.3, -0.25) is 29.4 Å². The van der Waals surface area contributed by atoms with Crippen LogP contribution < -0.4 is 0 Å². The fraction of sp³-hybridized carbons (Fsp3) is 0.500. The third kappa shape index (κ3) is 38.7. The van der Waals surface area contributed by atoms with Crippen molar-refractivity contribution in [3.63, 3.8) is 0 Å². The SMILES string of the molecule is Cc1cc(CN(C)C(C)(C)CCC(C)(C)N(C)Cc2cc(C)cc(C(C)(C)C)c2O)c(O)c(C(C)(C)C)c1.Cc1cc(CN(C)Cc2cc3ccccc3cc2CN(C)Cc2cc(C)cc(C(C)(C)C)c2O)c(O)c(C(C)(C)C)c1.Cc1cc(CN(C)[C@@H](CC[C@@H](Cc2ccccc2)N(C)Cc2cc(C)cc(C(C)(C)C)c2O)Cc2ccccc2)c(O)c(C(C)(C)C)c1.[Cl][Zr][Cl].[Cl][Zr][Cl].[Cl][Zr][Cl]. The van der Waals surface area contributed by atoms with Gasteiger partial charge in [-0.1, -0.05) is 316 Å². The topological polar surface area (TPSA) is 141 Å². The molecule has 0 radical (unpaired) electrons. The van der Waals surface area contributed by atoms with Crippen LogP contribution in [0.25, 0.3) is 10.8 Å². The van der Waals surface area contributed by atoms with Gasteiger partial charge in [0, 0.05) is 109 Å². The summed E-state index contributed by atoms with van der Waals surface area (Å²) in [7, 11) is 42.6. The molecule has 0 aromatic heterocycles. The Kier molecular flexibility index (Phi) is 48.9. The minimum atomic E-state index is -0.826. The summed E-state index contributed by atoms with van der Waals surface area (Å²) in [6, 6.07) is 60.7. The molecule has 12 nitrogen and oxygen atoms in total. The molecule has 10 aromatic carbocycles. The van der Waals surface area contributed by atoms with E-state index in [1.165, 1.54) is 66.4 Å². The number of hydrogen-bond acceptors (Lipinski definition) is 12. The number of aromatic hydroxyl groups is 6. The zero-order valence-electron chi connectivity index (χ0n) is 89.4. The van der Waals surface area contributed by atoms with Crippen molar-refractivity contribution in [3.05, 3.63) is 292 Å². The van der Waals surface area contributed by atoms with Gasteiger partial charge in [-0.15, -0.1) is 0 Å². The van der Waals surface area contributed by atoms with Crippen molar-refractivity contribution >= 4 is 61.8 Å². The first-order valence-electron chi connectivity index (χ1n) is 48.0. The molecule has 0 aliphatic carbocycles. The quantitative estimate of drug-likeness (QED) is 0.0255. The van der Waals surface area contributed by atoms with Crippen LogP contribution in [-0.4, -0.2) is 125 Å². The Balaban J connectivity index is 0.000000349. The van der Waals surface area contributed by atoms with E-state index in [4.69, 9.17) is 51.1 Å². The second-order valence-corrected chi connectivity index (χ2v) is 57.1. The Hall–Kier alpha value is -4.59. The van der Waals surface area contributed by atoms with Crippen molar-refractivity contribution in [1.29, 1.82) is 0 Å². The number of hydrogen-bond donors (Lipinski definition) is 6. The zero-order valence-corrected chi connectivity index (χ0v) is 101. The van der Waals surface area contributed by atoms with Crippen molar-refractivity contribution in [2.24, 2.45) is 0 Å². The number of phenols is 6. The average molecular weight is 2230 g/mol. The number of rotatable bonds is 30. The molecule has 750 valence electrons. The van der Waals surface area contributed by atoms with Gasteiger partial charge in [0.1, 0.15) is 34.5 Å². The van der Waals surface area contributed by atoms with Crippen LogP contribution >= 0.6 is 51.1 Å². The number of aryl methyl sites for hydroxylation is 6. The molecule has 0 bridgehead atoms. The van der Waals surface area contributed by atoms with Crippen molar-refractivity contribution in [1.82, 2.24) is 29.4 Å². The molecular formula is C116H166Cl6N6O6Zr3. The Morgan fingerprint density at radius 1 is 0.255 bits per heavy atom. The molecule has 0 amide bonds. The molecule has 0 aliphatic heterocycles. The van der Waals surface area contributed by atoms with Crippen LogP contribution in [0.15, 0.2) is 170 Å². The number of halogens is 6. The molecule has 6 N–H and O–H groups in total. The Labute approximate surface area is 884 Å². The normalized spacial score (nSPS) is 12.7. The summed E-state index contributed by atoms with van der Waals surface area (Å²) in [5, 5.41) is 69.8. The van der Waals surface area contributed by atoms with E-state index in [9.17, 15) is 30.6 Å². The predicted molar refractivity (Wildman–Crippen MR) is 579 cm³/mol. The third-order valence-electron chi connectivity index (χ3n) is 26.5. The van der Waals surface area contributed by atoms with Crippen LogP contribution in [-0.2, 0) is 160 Å². The van der Waals surface area contributed by atoms with E-state index in [1.54, 1.807) is 0 Å². The van der Waals surface area contributed by atoms with Crippen LogP contribution in [0.5, 0.6) is 34.5 Å². The zero-order chi connectivity index (χ0) is 104. The van der Waals surface area contributed by atoms with Crippen LogP contribution in [0.3, 0.4) is 0 Å². The van der Waals surface area contributed by atoms with Crippen molar-refractivity contribution < 1.29 is 93.2 Å². The van der Waals surface area contributed by atoms with Crippen molar-refractivity contribution in [2.45, 2.75) is 340 Å². The maximum atomic E-state index is 11.4. The molecular weight excluding hydrogens is 2060 g/mol. The van der Waals surface area contributed by atoms with Gasteiger partial charge < -0.3 is 30.6 Å². The van der Waals surface area contributed by atoms with Gasteiger partial charge in [0.25, 0.3) is 0 Å². The summed E-state index contributed by atoms with van der Waals surface area (Å²) in [5.74, 6) is 2.52. The summed E-state index contributed by atoms with van der Waals surface area (Å²) in [5.41, 5.74) is 23.3. The number of likely N-dealkylation sites (N-methyl/N-ethyl adjacent to an activating group) is 2. The number of benzene rings is 10. The number of nitrogens with zero attached hydrogens (tertiary/aromatic N) is 6. The first-order valence-corrected chi connectivity index (χ1v) is 67.0. The molecule has 10 rings (SSSR count). The fourth-order valence-corrected chi connectivity index (χ4v) is 18.0. The van der Waals surface area contributed by atoms with Crippen molar-refractivity contribution in [2.75, 3.05) is 42.3 Å². The second-order valence-electron chi connectivity index (χ2n) is 45.9. The van der Waals surface area contributed by atoms with E-state index in [2.05, 4.69) is 435 Å². The second kappa shape index (κ2) is 54.5. The molecule has 0 aliphatic rings. The Morgan fingerprint density at radius 3 is 0.657 bits per heavy atom. The molecule has 10 aromatic rings. The van der Waals surface area contributed by atoms with Crippen molar-refractivity contribution in [3.8, 4) is 34.5 Å². The molecule has 0 saturated carbocycles. The monoisotopic (exact) mass is 2220 g/mol. The van der Waals surface area contributed by atoms with Gasteiger partial charge in [0.2, 0.25) is 0 Å². The summed E-state index contributed by atoms with van der Waals surface area (Å²) in [6.07, 6.45) is 5.88. The van der Waals surface area contributed by atoms with Crippen LogP contribution in [0.4, 0.5) is 0 Å². The summed E-state index contributed by atoms with van der Waals surface area (Å²) in [4.78, 5) is 14.2. The van der Waals surface area contributed by atoms with Gasteiger partial charge in [-0.25, -0.2) is 0 Å². The standard InChI is InChI=1S/C44H60N2O2.C38H50N2O2.C34H56N2O2.6ClH.3Zr/c1-31-23-35(41(47)39(25-31)43(3,4)5)29-45(9)37(27-33-17-13-11-14-18-33)21-22-38(28-34-19-15-12-16-20-34)46(10)30-36-24-32(2)26-40(42(36)48)44(6,7)8;1-25-15-31(35(41)33(17-25)37(3,4)5)23-39(9)21-29-19-27-13-11-12-14-28(27)20-30(29)22-40(10)24-32-16-26(2)18-34(36(32)42)38(6,7)8;1-23-17-25(29(37)27(19-23)31(3,4)5)21-35(13)33(9,10)15-16-34(11,12)36(14)22-26-18-24(2)20-28(30(26)38)32(6,7)8;;;;;;;;;/h11-20,23-26,37-38,47-48H,21-22,27-30H2,1-10H3;11-20,41-42H,21-24H2,1-10H3;17-20,37-38H,15-16,21-22H2,1-14H3;6*1H;;;/q;;;;;;;;;3*+2/p-6/t37-,38-;;;;;;;;;;;/m0.........../s1. The van der Waals surface area contributed by atoms with Gasteiger partial charge in [-0.05, 0) is 261 Å². The molecule has 137 heavy (non-hydrogen) atoms. The van der Waals surface area contributed by atoms with Gasteiger partial charge >= 0.3 is 114 Å². The minimum absolute atomic E-state index is 0.0545. The number of phenolic OH excluding ortho intramolecular Hbond substituents is 6. The predicted octanol–water partition coefficient (Wildman–Crippen LogP) is 30.9. The average Bonchev–Trinajstić information content (AvgIpc) is 0.824.